The van der Waals surface area contributed by atoms with Crippen molar-refractivity contribution in [2.75, 3.05) is 6.61 Å². The molecule has 1 unspecified atom stereocenters. The molecule has 1 aliphatic heterocycles. The first kappa shape index (κ1) is 15.0. The molecule has 1 aliphatic rings. The molecule has 0 saturated heterocycles. The molecule has 26 heavy (non-hydrogen) atoms. The molecule has 0 saturated carbocycles. The summed E-state index contributed by atoms with van der Waals surface area (Å²) in [5, 5.41) is 6.70. The van der Waals surface area contributed by atoms with E-state index in [2.05, 4.69) is 28.3 Å². The fourth-order valence-corrected chi connectivity index (χ4v) is 3.32. The van der Waals surface area contributed by atoms with Crippen molar-refractivity contribution in [1.29, 1.82) is 0 Å². The third kappa shape index (κ3) is 2.50. The highest BCUT2D eigenvalue weighted by atomic mass is 16.5. The highest BCUT2D eigenvalue weighted by Crippen LogP contribution is 2.32. The van der Waals surface area contributed by atoms with Gasteiger partial charge in [-0.3, -0.25) is 4.98 Å². The van der Waals surface area contributed by atoms with Gasteiger partial charge in [-0.15, -0.1) is 0 Å². The van der Waals surface area contributed by atoms with E-state index in [9.17, 15) is 0 Å². The zero-order chi connectivity index (χ0) is 17.3. The van der Waals surface area contributed by atoms with Gasteiger partial charge in [-0.2, -0.15) is 5.10 Å². The Labute approximate surface area is 150 Å². The van der Waals surface area contributed by atoms with E-state index < -0.39 is 0 Å². The second kappa shape index (κ2) is 6.20. The van der Waals surface area contributed by atoms with Crippen molar-refractivity contribution < 1.29 is 4.74 Å². The Bertz CT molecular complexity index is 1100. The molecule has 0 aliphatic carbocycles. The quantitative estimate of drug-likeness (QED) is 0.527. The van der Waals surface area contributed by atoms with Crippen LogP contribution >= 0.6 is 0 Å². The van der Waals surface area contributed by atoms with Gasteiger partial charge in [-0.05, 0) is 11.5 Å². The van der Waals surface area contributed by atoms with Crippen LogP contribution in [0.2, 0.25) is 0 Å². The van der Waals surface area contributed by atoms with Crippen molar-refractivity contribution in [1.82, 2.24) is 19.7 Å². The summed E-state index contributed by atoms with van der Waals surface area (Å²) in [7, 11) is 0. The lowest BCUT2D eigenvalue weighted by Gasteiger charge is -2.14. The number of nitrogens with zero attached hydrogens (tertiary/aromatic N) is 4. The van der Waals surface area contributed by atoms with Gasteiger partial charge >= 0.3 is 0 Å². The van der Waals surface area contributed by atoms with Crippen LogP contribution < -0.4 is 0 Å². The fourth-order valence-electron chi connectivity index (χ4n) is 3.32. The van der Waals surface area contributed by atoms with Crippen LogP contribution in [0.15, 0.2) is 79.5 Å². The lowest BCUT2D eigenvalue weighted by molar-refractivity contribution is 0.130. The van der Waals surface area contributed by atoms with Crippen LogP contribution in [-0.2, 0) is 4.74 Å². The molecule has 5 nitrogen and oxygen atoms in total. The normalized spacial score (nSPS) is 16.4. The van der Waals surface area contributed by atoms with Crippen LogP contribution in [0, 0.1) is 0 Å². The number of hydrogen-bond donors (Lipinski definition) is 0. The second-order valence-corrected chi connectivity index (χ2v) is 6.18. The zero-order valence-corrected chi connectivity index (χ0v) is 14.0. The van der Waals surface area contributed by atoms with Gasteiger partial charge in [0.05, 0.1) is 12.8 Å². The summed E-state index contributed by atoms with van der Waals surface area (Å²) in [5.74, 6) is 0.807. The van der Waals surface area contributed by atoms with Gasteiger partial charge in [0.15, 0.2) is 5.82 Å². The van der Waals surface area contributed by atoms with Gasteiger partial charge in [0.25, 0.3) is 0 Å². The van der Waals surface area contributed by atoms with Gasteiger partial charge in [-0.25, -0.2) is 9.67 Å². The SMILES string of the molecule is C1=CC(c2cnc(-n3cc(-c4cccnc4)cn3)c3ccccc23)OC1. The minimum absolute atomic E-state index is 0.0370. The van der Waals surface area contributed by atoms with Crippen LogP contribution in [0.3, 0.4) is 0 Å². The summed E-state index contributed by atoms with van der Waals surface area (Å²) in [5.41, 5.74) is 3.12. The van der Waals surface area contributed by atoms with Crippen LogP contribution in [0.4, 0.5) is 0 Å². The summed E-state index contributed by atoms with van der Waals surface area (Å²) in [4.78, 5) is 8.88. The summed E-state index contributed by atoms with van der Waals surface area (Å²) < 4.78 is 7.59. The maximum absolute atomic E-state index is 5.77. The van der Waals surface area contributed by atoms with Gasteiger partial charge in [0.2, 0.25) is 0 Å². The van der Waals surface area contributed by atoms with E-state index in [0.29, 0.717) is 6.61 Å². The number of hydrogen-bond acceptors (Lipinski definition) is 4. The van der Waals surface area contributed by atoms with Gasteiger partial charge in [-0.1, -0.05) is 42.5 Å². The molecule has 4 aromatic rings. The highest BCUT2D eigenvalue weighted by molar-refractivity contribution is 5.91. The molecule has 0 radical (unpaired) electrons. The standard InChI is InChI=1S/C21H16N4O/c1-2-7-18-17(6-1)19(20-8-4-10-26-20)13-23-21(18)25-14-16(12-24-25)15-5-3-9-22-11-15/h1-9,11-14,20H,10H2. The lowest BCUT2D eigenvalue weighted by atomic mass is 10.0. The Morgan fingerprint density at radius 3 is 2.69 bits per heavy atom. The summed E-state index contributed by atoms with van der Waals surface area (Å²) in [6.45, 7) is 0.647. The van der Waals surface area contributed by atoms with Crippen LogP contribution in [0.25, 0.3) is 27.7 Å². The third-order valence-corrected chi connectivity index (χ3v) is 4.59. The minimum atomic E-state index is -0.0370. The maximum atomic E-state index is 5.77. The smallest absolute Gasteiger partial charge is 0.161 e. The molecule has 0 N–H and O–H groups in total. The Balaban J connectivity index is 1.63. The third-order valence-electron chi connectivity index (χ3n) is 4.59. The first-order valence-corrected chi connectivity index (χ1v) is 8.51. The van der Waals surface area contributed by atoms with Crippen molar-refractivity contribution in [2.24, 2.45) is 0 Å². The van der Waals surface area contributed by atoms with Crippen LogP contribution in [-0.4, -0.2) is 26.4 Å². The Kier molecular flexibility index (Phi) is 3.57. The molecule has 3 aromatic heterocycles. The van der Waals surface area contributed by atoms with E-state index in [1.165, 1.54) is 0 Å². The van der Waals surface area contributed by atoms with E-state index in [1.54, 1.807) is 6.20 Å². The average molecular weight is 340 g/mol. The number of aromatic nitrogens is 4. The van der Waals surface area contributed by atoms with Crippen molar-refractivity contribution in [3.8, 4) is 16.9 Å². The molecule has 4 heterocycles. The van der Waals surface area contributed by atoms with Crippen molar-refractivity contribution in [3.63, 3.8) is 0 Å². The number of fused-ring (bicyclic) bond motifs is 1. The predicted molar refractivity (Wildman–Crippen MR) is 99.9 cm³/mol. The van der Waals surface area contributed by atoms with Crippen LogP contribution in [0.1, 0.15) is 11.7 Å². The molecule has 0 spiro atoms. The van der Waals surface area contributed by atoms with Gasteiger partial charge < -0.3 is 4.74 Å². The predicted octanol–water partition coefficient (Wildman–Crippen LogP) is 4.11. The molecular formula is C21H16N4O. The molecule has 1 aromatic carbocycles. The number of pyridine rings is 2. The number of ether oxygens (including phenoxy) is 1. The monoisotopic (exact) mass is 340 g/mol. The van der Waals surface area contributed by atoms with Crippen molar-refractivity contribution in [2.45, 2.75) is 6.10 Å². The van der Waals surface area contributed by atoms with Crippen molar-refractivity contribution in [3.05, 3.63) is 85.1 Å². The summed E-state index contributed by atoms with van der Waals surface area (Å²) >= 11 is 0. The summed E-state index contributed by atoms with van der Waals surface area (Å²) in [6.07, 6.45) is 13.4. The highest BCUT2D eigenvalue weighted by Gasteiger charge is 2.18. The average Bonchev–Trinajstić information content (AvgIpc) is 3.40. The van der Waals surface area contributed by atoms with Crippen molar-refractivity contribution >= 4 is 10.8 Å². The molecular weight excluding hydrogens is 324 g/mol. The van der Waals surface area contributed by atoms with E-state index in [-0.39, 0.29) is 6.10 Å². The Hall–Kier alpha value is -3.31. The molecule has 0 fully saturated rings. The molecule has 0 amide bonds. The molecule has 0 bridgehead atoms. The van der Waals surface area contributed by atoms with E-state index in [0.717, 1.165) is 33.3 Å². The lowest BCUT2D eigenvalue weighted by Crippen LogP contribution is -2.03. The minimum Gasteiger partial charge on any atom is -0.365 e. The summed E-state index contributed by atoms with van der Waals surface area (Å²) in [6, 6.07) is 12.2. The fraction of sp³-hybridized carbons (Fsp3) is 0.0952. The first-order chi connectivity index (χ1) is 12.9. The van der Waals surface area contributed by atoms with E-state index in [1.807, 2.05) is 59.8 Å². The number of rotatable bonds is 3. The first-order valence-electron chi connectivity index (χ1n) is 8.51. The second-order valence-electron chi connectivity index (χ2n) is 6.18. The Morgan fingerprint density at radius 1 is 0.962 bits per heavy atom. The topological polar surface area (TPSA) is 52.8 Å². The largest absolute Gasteiger partial charge is 0.365 e. The Morgan fingerprint density at radius 2 is 1.88 bits per heavy atom. The van der Waals surface area contributed by atoms with Crippen LogP contribution in [0.5, 0.6) is 0 Å². The number of benzene rings is 1. The van der Waals surface area contributed by atoms with Gasteiger partial charge in [0, 0.05) is 46.9 Å². The van der Waals surface area contributed by atoms with E-state index in [4.69, 9.17) is 9.72 Å². The molecule has 5 rings (SSSR count). The molecule has 5 heteroatoms. The molecule has 1 atom stereocenters. The maximum Gasteiger partial charge on any atom is 0.161 e. The van der Waals surface area contributed by atoms with E-state index >= 15 is 0 Å². The molecule has 126 valence electrons. The zero-order valence-electron chi connectivity index (χ0n) is 14.0. The van der Waals surface area contributed by atoms with Gasteiger partial charge in [0.1, 0.15) is 6.10 Å².